The molecule has 7 heteroatoms. The van der Waals surface area contributed by atoms with Gasteiger partial charge < -0.3 is 0 Å². The summed E-state index contributed by atoms with van der Waals surface area (Å²) >= 11 is 0. The van der Waals surface area contributed by atoms with Crippen molar-refractivity contribution in [1.82, 2.24) is 10.4 Å². The molecule has 2 aromatic rings. The number of nitrogens with one attached hydrogen (secondary N) is 1. The molecule has 1 amide bonds. The molecular weight excluding hydrogens is 331 g/mol. The van der Waals surface area contributed by atoms with Crippen LogP contribution in [0.5, 0.6) is 0 Å². The predicted octanol–water partition coefficient (Wildman–Crippen LogP) is 3.83. The maximum absolute atomic E-state index is 13.8. The van der Waals surface area contributed by atoms with E-state index in [1.807, 2.05) is 6.07 Å². The summed E-state index contributed by atoms with van der Waals surface area (Å²) in [6.07, 6.45) is -4.56. The lowest BCUT2D eigenvalue weighted by Gasteiger charge is -2.38. The van der Waals surface area contributed by atoms with Crippen LogP contribution in [0.1, 0.15) is 37.4 Å². The molecule has 3 rings (SSSR count). The standard InChI is InChI=1S/C18H16F3N3O/c1-17(2)9-15(25)23-24(17)16(18(19,20)21)14-6-5-12-7-11(10-22)3-4-13(12)8-14/h3-8,16H,9H2,1-2H3,(H,23,25). The summed E-state index contributed by atoms with van der Waals surface area (Å²) in [6.45, 7) is 3.20. The van der Waals surface area contributed by atoms with Gasteiger partial charge in [0.25, 0.3) is 0 Å². The third-order valence-electron chi connectivity index (χ3n) is 4.37. The number of nitrogens with zero attached hydrogens (tertiary/aromatic N) is 2. The largest absolute Gasteiger partial charge is 0.409 e. The van der Waals surface area contributed by atoms with Crippen LogP contribution >= 0.6 is 0 Å². The summed E-state index contributed by atoms with van der Waals surface area (Å²) in [6, 6.07) is 9.28. The van der Waals surface area contributed by atoms with Gasteiger partial charge in [0.15, 0.2) is 6.04 Å². The average Bonchev–Trinajstić information content (AvgIpc) is 2.78. The quantitative estimate of drug-likeness (QED) is 0.898. The van der Waals surface area contributed by atoms with Crippen LogP contribution in [-0.2, 0) is 4.79 Å². The molecule has 25 heavy (non-hydrogen) atoms. The minimum Gasteiger partial charge on any atom is -0.287 e. The fourth-order valence-electron chi connectivity index (χ4n) is 3.21. The van der Waals surface area contributed by atoms with Crippen molar-refractivity contribution < 1.29 is 18.0 Å². The lowest BCUT2D eigenvalue weighted by Crippen LogP contribution is -2.51. The fourth-order valence-corrected chi connectivity index (χ4v) is 3.21. The van der Waals surface area contributed by atoms with Gasteiger partial charge in [0.05, 0.1) is 11.6 Å². The van der Waals surface area contributed by atoms with Crippen LogP contribution in [0.3, 0.4) is 0 Å². The molecule has 0 aliphatic carbocycles. The maximum atomic E-state index is 13.8. The molecule has 1 saturated heterocycles. The number of hydrogen-bond donors (Lipinski definition) is 1. The van der Waals surface area contributed by atoms with E-state index in [-0.39, 0.29) is 12.0 Å². The van der Waals surface area contributed by atoms with E-state index in [2.05, 4.69) is 5.43 Å². The Balaban J connectivity index is 2.10. The van der Waals surface area contributed by atoms with Crippen molar-refractivity contribution in [3.05, 3.63) is 47.5 Å². The van der Waals surface area contributed by atoms with Crippen LogP contribution in [0, 0.1) is 11.3 Å². The van der Waals surface area contributed by atoms with E-state index in [0.29, 0.717) is 16.3 Å². The summed E-state index contributed by atoms with van der Waals surface area (Å²) < 4.78 is 41.4. The van der Waals surface area contributed by atoms with Gasteiger partial charge in [-0.25, -0.2) is 0 Å². The smallest absolute Gasteiger partial charge is 0.287 e. The number of alkyl halides is 3. The lowest BCUT2D eigenvalue weighted by atomic mass is 9.95. The van der Waals surface area contributed by atoms with Gasteiger partial charge in [0.1, 0.15) is 0 Å². The topological polar surface area (TPSA) is 56.1 Å². The van der Waals surface area contributed by atoms with Gasteiger partial charge in [-0.05, 0) is 48.4 Å². The molecule has 1 aliphatic heterocycles. The molecule has 1 N–H and O–H groups in total. The summed E-state index contributed by atoms with van der Waals surface area (Å²) in [4.78, 5) is 11.7. The Bertz CT molecular complexity index is 883. The van der Waals surface area contributed by atoms with E-state index in [4.69, 9.17) is 5.26 Å². The Morgan fingerprint density at radius 3 is 2.40 bits per heavy atom. The van der Waals surface area contributed by atoms with Gasteiger partial charge >= 0.3 is 6.18 Å². The Labute approximate surface area is 142 Å². The van der Waals surface area contributed by atoms with E-state index in [9.17, 15) is 18.0 Å². The molecule has 1 fully saturated rings. The molecule has 1 aliphatic rings. The van der Waals surface area contributed by atoms with Crippen LogP contribution < -0.4 is 5.43 Å². The number of halogens is 3. The van der Waals surface area contributed by atoms with Crippen molar-refractivity contribution in [2.24, 2.45) is 0 Å². The molecule has 1 atom stereocenters. The zero-order valence-corrected chi connectivity index (χ0v) is 13.7. The molecule has 1 heterocycles. The molecule has 4 nitrogen and oxygen atoms in total. The molecule has 130 valence electrons. The zero-order valence-electron chi connectivity index (χ0n) is 13.7. The second kappa shape index (κ2) is 5.74. The Morgan fingerprint density at radius 2 is 1.84 bits per heavy atom. The zero-order chi connectivity index (χ0) is 18.4. The molecule has 0 radical (unpaired) electrons. The second-order valence-electron chi connectivity index (χ2n) is 6.77. The van der Waals surface area contributed by atoms with Crippen LogP contribution in [0.25, 0.3) is 10.8 Å². The highest BCUT2D eigenvalue weighted by Gasteiger charge is 2.52. The average molecular weight is 347 g/mol. The van der Waals surface area contributed by atoms with Crippen LogP contribution in [0.2, 0.25) is 0 Å². The molecule has 0 spiro atoms. The first kappa shape index (κ1) is 17.2. The van der Waals surface area contributed by atoms with Crippen LogP contribution in [0.4, 0.5) is 13.2 Å². The Hall–Kier alpha value is -2.59. The summed E-state index contributed by atoms with van der Waals surface area (Å²) in [5.41, 5.74) is 1.87. The third-order valence-corrected chi connectivity index (χ3v) is 4.37. The number of hydrogen-bond acceptors (Lipinski definition) is 3. The first-order valence-electron chi connectivity index (χ1n) is 7.71. The molecule has 0 bridgehead atoms. The highest BCUT2D eigenvalue weighted by molar-refractivity contribution is 5.84. The summed E-state index contributed by atoms with van der Waals surface area (Å²) in [5.74, 6) is -0.432. The number of amides is 1. The first-order valence-corrected chi connectivity index (χ1v) is 7.71. The van der Waals surface area contributed by atoms with Gasteiger partial charge in [0, 0.05) is 12.0 Å². The number of rotatable bonds is 2. The monoisotopic (exact) mass is 347 g/mol. The van der Waals surface area contributed by atoms with Crippen molar-refractivity contribution in [2.45, 2.75) is 38.0 Å². The van der Waals surface area contributed by atoms with E-state index in [1.54, 1.807) is 38.1 Å². The van der Waals surface area contributed by atoms with Crippen molar-refractivity contribution in [3.63, 3.8) is 0 Å². The maximum Gasteiger partial charge on any atom is 0.409 e. The van der Waals surface area contributed by atoms with Crippen molar-refractivity contribution >= 4 is 16.7 Å². The van der Waals surface area contributed by atoms with Gasteiger partial charge in [-0.15, -0.1) is 0 Å². The number of nitriles is 1. The van der Waals surface area contributed by atoms with E-state index in [0.717, 1.165) is 5.01 Å². The number of carbonyl (C=O) groups is 1. The number of benzene rings is 2. The second-order valence-corrected chi connectivity index (χ2v) is 6.77. The minimum atomic E-state index is -4.56. The van der Waals surface area contributed by atoms with Crippen molar-refractivity contribution in [2.75, 3.05) is 0 Å². The lowest BCUT2D eigenvalue weighted by molar-refractivity contribution is -0.203. The number of carbonyl (C=O) groups excluding carboxylic acids is 1. The molecule has 1 unspecified atom stereocenters. The third kappa shape index (κ3) is 3.17. The minimum absolute atomic E-state index is 0.00130. The van der Waals surface area contributed by atoms with Crippen LogP contribution in [0.15, 0.2) is 36.4 Å². The highest BCUT2D eigenvalue weighted by Crippen LogP contribution is 2.43. The SMILES string of the molecule is CC1(C)CC(=O)NN1C(c1ccc2cc(C#N)ccc2c1)C(F)(F)F. The van der Waals surface area contributed by atoms with E-state index >= 15 is 0 Å². The van der Waals surface area contributed by atoms with Gasteiger partial charge in [-0.2, -0.15) is 23.4 Å². The van der Waals surface area contributed by atoms with E-state index in [1.165, 1.54) is 12.1 Å². The van der Waals surface area contributed by atoms with Crippen molar-refractivity contribution in [3.8, 4) is 6.07 Å². The molecule has 0 saturated carbocycles. The molecule has 0 aromatic heterocycles. The number of fused-ring (bicyclic) bond motifs is 1. The van der Waals surface area contributed by atoms with Gasteiger partial charge in [0.2, 0.25) is 5.91 Å². The predicted molar refractivity (Wildman–Crippen MR) is 86.1 cm³/mol. The number of hydrazine groups is 1. The molecular formula is C18H16F3N3O. The van der Waals surface area contributed by atoms with Gasteiger partial charge in [-0.1, -0.05) is 18.2 Å². The van der Waals surface area contributed by atoms with Crippen molar-refractivity contribution in [1.29, 1.82) is 5.26 Å². The Kier molecular flexibility index (Phi) is 3.96. The molecule has 2 aromatic carbocycles. The summed E-state index contributed by atoms with van der Waals surface area (Å²) in [5, 5.41) is 11.2. The highest BCUT2D eigenvalue weighted by atomic mass is 19.4. The normalized spacial score (nSPS) is 18.8. The van der Waals surface area contributed by atoms with Gasteiger partial charge in [-0.3, -0.25) is 10.2 Å². The fraction of sp³-hybridized carbons (Fsp3) is 0.333. The summed E-state index contributed by atoms with van der Waals surface area (Å²) in [7, 11) is 0. The van der Waals surface area contributed by atoms with Crippen LogP contribution in [-0.4, -0.2) is 22.6 Å². The Morgan fingerprint density at radius 1 is 1.20 bits per heavy atom. The van der Waals surface area contributed by atoms with E-state index < -0.39 is 23.7 Å². The first-order chi connectivity index (χ1) is 11.6.